The molecular formula is C13H20N2O2. The van der Waals surface area contributed by atoms with Gasteiger partial charge < -0.3 is 16.2 Å². The fourth-order valence-electron chi connectivity index (χ4n) is 1.59. The van der Waals surface area contributed by atoms with Crippen molar-refractivity contribution >= 4 is 11.6 Å². The third-order valence-corrected chi connectivity index (χ3v) is 2.75. The normalized spacial score (nSPS) is 12.1. The SMILES string of the molecule is CC[C@H](CO)NC(=O)CCc1ccccc1N. The summed E-state index contributed by atoms with van der Waals surface area (Å²) in [6, 6.07) is 7.39. The first-order valence-corrected chi connectivity index (χ1v) is 5.91. The Hall–Kier alpha value is -1.55. The molecule has 0 aliphatic carbocycles. The van der Waals surface area contributed by atoms with Gasteiger partial charge in [-0.1, -0.05) is 25.1 Å². The summed E-state index contributed by atoms with van der Waals surface area (Å²) < 4.78 is 0. The van der Waals surface area contributed by atoms with E-state index in [4.69, 9.17) is 10.8 Å². The van der Waals surface area contributed by atoms with E-state index >= 15 is 0 Å². The molecule has 17 heavy (non-hydrogen) atoms. The number of hydrogen-bond acceptors (Lipinski definition) is 3. The summed E-state index contributed by atoms with van der Waals surface area (Å²) in [6.45, 7) is 1.91. The molecule has 0 radical (unpaired) electrons. The average molecular weight is 236 g/mol. The highest BCUT2D eigenvalue weighted by Gasteiger charge is 2.09. The highest BCUT2D eigenvalue weighted by Crippen LogP contribution is 2.12. The summed E-state index contributed by atoms with van der Waals surface area (Å²) in [7, 11) is 0. The van der Waals surface area contributed by atoms with Crippen molar-refractivity contribution in [2.75, 3.05) is 12.3 Å². The topological polar surface area (TPSA) is 75.3 Å². The van der Waals surface area contributed by atoms with E-state index in [0.29, 0.717) is 12.8 Å². The van der Waals surface area contributed by atoms with Gasteiger partial charge in [0.05, 0.1) is 12.6 Å². The van der Waals surface area contributed by atoms with Crippen molar-refractivity contribution in [1.29, 1.82) is 0 Å². The zero-order valence-electron chi connectivity index (χ0n) is 10.1. The molecule has 0 spiro atoms. The third-order valence-electron chi connectivity index (χ3n) is 2.75. The van der Waals surface area contributed by atoms with Crippen LogP contribution in [0.15, 0.2) is 24.3 Å². The van der Waals surface area contributed by atoms with E-state index in [1.165, 1.54) is 0 Å². The number of benzene rings is 1. The predicted molar refractivity (Wildman–Crippen MR) is 68.5 cm³/mol. The van der Waals surface area contributed by atoms with E-state index in [1.54, 1.807) is 0 Å². The minimum atomic E-state index is -0.143. The number of hydrogen-bond donors (Lipinski definition) is 3. The van der Waals surface area contributed by atoms with E-state index in [1.807, 2.05) is 31.2 Å². The molecule has 0 heterocycles. The largest absolute Gasteiger partial charge is 0.399 e. The summed E-state index contributed by atoms with van der Waals surface area (Å²) in [5, 5.41) is 11.7. The summed E-state index contributed by atoms with van der Waals surface area (Å²) in [6.07, 6.45) is 1.75. The third kappa shape index (κ3) is 4.44. The van der Waals surface area contributed by atoms with Crippen molar-refractivity contribution in [2.24, 2.45) is 0 Å². The van der Waals surface area contributed by atoms with Gasteiger partial charge in [0.1, 0.15) is 0 Å². The quantitative estimate of drug-likeness (QED) is 0.647. The standard InChI is InChI=1S/C13H20N2O2/c1-2-11(9-16)15-13(17)8-7-10-5-3-4-6-12(10)14/h3-6,11,16H,2,7-9,14H2,1H3,(H,15,17)/t11-/m1/s1. The lowest BCUT2D eigenvalue weighted by Gasteiger charge is -2.14. The molecule has 0 aliphatic rings. The molecule has 4 nitrogen and oxygen atoms in total. The van der Waals surface area contributed by atoms with Crippen molar-refractivity contribution in [3.8, 4) is 0 Å². The molecule has 1 atom stereocenters. The first-order valence-electron chi connectivity index (χ1n) is 5.91. The number of nitrogens with one attached hydrogen (secondary N) is 1. The molecule has 1 rings (SSSR count). The molecule has 0 unspecified atom stereocenters. The maximum atomic E-state index is 11.6. The number of rotatable bonds is 6. The van der Waals surface area contributed by atoms with Crippen LogP contribution in [-0.4, -0.2) is 23.7 Å². The van der Waals surface area contributed by atoms with Gasteiger partial charge in [0.2, 0.25) is 5.91 Å². The minimum absolute atomic E-state index is 0.0181. The van der Waals surface area contributed by atoms with Crippen molar-refractivity contribution in [2.45, 2.75) is 32.2 Å². The Morgan fingerprint density at radius 1 is 1.47 bits per heavy atom. The zero-order valence-corrected chi connectivity index (χ0v) is 10.1. The summed E-state index contributed by atoms with van der Waals surface area (Å²) in [5.74, 6) is -0.0471. The van der Waals surface area contributed by atoms with Crippen LogP contribution < -0.4 is 11.1 Å². The number of carbonyl (C=O) groups excluding carboxylic acids is 1. The van der Waals surface area contributed by atoms with E-state index < -0.39 is 0 Å². The Morgan fingerprint density at radius 2 is 2.18 bits per heavy atom. The van der Waals surface area contributed by atoms with Gasteiger partial charge in [0.15, 0.2) is 0 Å². The second-order valence-corrected chi connectivity index (χ2v) is 4.05. The van der Waals surface area contributed by atoms with Crippen LogP contribution in [0.5, 0.6) is 0 Å². The van der Waals surface area contributed by atoms with Crippen molar-refractivity contribution < 1.29 is 9.90 Å². The number of aliphatic hydroxyl groups excluding tert-OH is 1. The number of amides is 1. The maximum absolute atomic E-state index is 11.6. The lowest BCUT2D eigenvalue weighted by Crippen LogP contribution is -2.37. The number of nitrogen functional groups attached to an aromatic ring is 1. The van der Waals surface area contributed by atoms with Crippen LogP contribution in [-0.2, 0) is 11.2 Å². The Morgan fingerprint density at radius 3 is 2.76 bits per heavy atom. The monoisotopic (exact) mass is 236 g/mol. The second-order valence-electron chi connectivity index (χ2n) is 4.05. The lowest BCUT2D eigenvalue weighted by atomic mass is 10.1. The second kappa shape index (κ2) is 6.91. The zero-order chi connectivity index (χ0) is 12.7. The predicted octanol–water partition coefficient (Wildman–Crippen LogP) is 1.09. The van der Waals surface area contributed by atoms with Crippen LogP contribution in [0, 0.1) is 0 Å². The molecule has 1 aromatic rings. The Kier molecular flexibility index (Phi) is 5.49. The molecule has 94 valence electrons. The van der Waals surface area contributed by atoms with Crippen molar-refractivity contribution in [3.63, 3.8) is 0 Å². The van der Waals surface area contributed by atoms with E-state index in [0.717, 1.165) is 17.7 Å². The van der Waals surface area contributed by atoms with Gasteiger partial charge in [-0.3, -0.25) is 4.79 Å². The van der Waals surface area contributed by atoms with E-state index in [9.17, 15) is 4.79 Å². The van der Waals surface area contributed by atoms with Gasteiger partial charge >= 0.3 is 0 Å². The van der Waals surface area contributed by atoms with Crippen molar-refractivity contribution in [1.82, 2.24) is 5.32 Å². The minimum Gasteiger partial charge on any atom is -0.399 e. The first-order chi connectivity index (χ1) is 8.17. The number of anilines is 1. The molecule has 1 amide bonds. The van der Waals surface area contributed by atoms with Crippen LogP contribution in [0.1, 0.15) is 25.3 Å². The lowest BCUT2D eigenvalue weighted by molar-refractivity contribution is -0.122. The number of aliphatic hydroxyl groups is 1. The van der Waals surface area contributed by atoms with Crippen LogP contribution in [0.3, 0.4) is 0 Å². The van der Waals surface area contributed by atoms with Gasteiger partial charge in [-0.2, -0.15) is 0 Å². The smallest absolute Gasteiger partial charge is 0.220 e. The van der Waals surface area contributed by atoms with Gasteiger partial charge in [0, 0.05) is 12.1 Å². The summed E-state index contributed by atoms with van der Waals surface area (Å²) in [5.41, 5.74) is 7.49. The molecule has 1 aromatic carbocycles. The molecule has 0 saturated carbocycles. The van der Waals surface area contributed by atoms with E-state index in [-0.39, 0.29) is 18.6 Å². The average Bonchev–Trinajstić information content (AvgIpc) is 2.35. The molecular weight excluding hydrogens is 216 g/mol. The van der Waals surface area contributed by atoms with Crippen LogP contribution >= 0.6 is 0 Å². The summed E-state index contributed by atoms with van der Waals surface area (Å²) >= 11 is 0. The van der Waals surface area contributed by atoms with Gasteiger partial charge in [0.25, 0.3) is 0 Å². The fourth-order valence-corrected chi connectivity index (χ4v) is 1.59. The number of aryl methyl sites for hydroxylation is 1. The van der Waals surface area contributed by atoms with Gasteiger partial charge in [-0.05, 0) is 24.5 Å². The molecule has 0 saturated heterocycles. The van der Waals surface area contributed by atoms with Crippen molar-refractivity contribution in [3.05, 3.63) is 29.8 Å². The molecule has 0 bridgehead atoms. The highest BCUT2D eigenvalue weighted by atomic mass is 16.3. The maximum Gasteiger partial charge on any atom is 0.220 e. The van der Waals surface area contributed by atoms with Crippen LogP contribution in [0.4, 0.5) is 5.69 Å². The number of nitrogens with two attached hydrogens (primary N) is 1. The molecule has 0 aliphatic heterocycles. The van der Waals surface area contributed by atoms with E-state index in [2.05, 4.69) is 5.32 Å². The molecule has 4 N–H and O–H groups in total. The Balaban J connectivity index is 2.41. The highest BCUT2D eigenvalue weighted by molar-refractivity contribution is 5.76. The van der Waals surface area contributed by atoms with Gasteiger partial charge in [-0.15, -0.1) is 0 Å². The Bertz CT molecular complexity index is 362. The number of carbonyl (C=O) groups is 1. The first kappa shape index (κ1) is 13.5. The van der Waals surface area contributed by atoms with Crippen LogP contribution in [0.25, 0.3) is 0 Å². The molecule has 0 fully saturated rings. The van der Waals surface area contributed by atoms with Gasteiger partial charge in [-0.25, -0.2) is 0 Å². The van der Waals surface area contributed by atoms with Crippen LogP contribution in [0.2, 0.25) is 0 Å². The number of para-hydroxylation sites is 1. The summed E-state index contributed by atoms with van der Waals surface area (Å²) in [4.78, 5) is 11.6. The molecule has 4 heteroatoms. The molecule has 0 aromatic heterocycles. The fraction of sp³-hybridized carbons (Fsp3) is 0.462. The Labute approximate surface area is 102 Å².